The Kier molecular flexibility index (Phi) is 5.33. The molecule has 0 amide bonds. The van der Waals surface area contributed by atoms with Crippen LogP contribution in [0.4, 0.5) is 17.6 Å². The van der Waals surface area contributed by atoms with Crippen molar-refractivity contribution < 1.29 is 30.7 Å². The first-order valence-corrected chi connectivity index (χ1v) is 9.64. The zero-order valence-electron chi connectivity index (χ0n) is 14.9. The monoisotopic (exact) mass is 426 g/mol. The van der Waals surface area contributed by atoms with Gasteiger partial charge in [-0.1, -0.05) is 18.2 Å². The average molecular weight is 426 g/mol. The predicted octanol–water partition coefficient (Wildman–Crippen LogP) is 4.41. The van der Waals surface area contributed by atoms with Crippen LogP contribution in [0.15, 0.2) is 59.6 Å². The number of primary sulfonamides is 1. The van der Waals surface area contributed by atoms with E-state index in [1.807, 2.05) is 0 Å². The van der Waals surface area contributed by atoms with Crippen LogP contribution < -0.4 is 9.88 Å². The minimum Gasteiger partial charge on any atom is -0.405 e. The van der Waals surface area contributed by atoms with Crippen LogP contribution in [0.1, 0.15) is 5.56 Å². The molecular weight excluding hydrogens is 412 g/mol. The highest BCUT2D eigenvalue weighted by molar-refractivity contribution is 7.89. The fourth-order valence-electron chi connectivity index (χ4n) is 2.73. The molecule has 0 saturated heterocycles. The fraction of sp³-hybridized carbons (Fsp3) is 0.105. The smallest absolute Gasteiger partial charge is 0.405 e. The number of halogens is 4. The van der Waals surface area contributed by atoms with Crippen molar-refractivity contribution >= 4 is 10.0 Å². The number of nitrogens with two attached hydrogens (primary N) is 1. The van der Waals surface area contributed by atoms with Gasteiger partial charge in [0.1, 0.15) is 11.6 Å². The second kappa shape index (κ2) is 7.45. The van der Waals surface area contributed by atoms with Crippen molar-refractivity contribution in [3.63, 3.8) is 0 Å². The molecule has 10 heteroatoms. The lowest BCUT2D eigenvalue weighted by Crippen LogP contribution is -2.17. The Morgan fingerprint density at radius 1 is 1.03 bits per heavy atom. The van der Waals surface area contributed by atoms with E-state index < -0.39 is 32.8 Å². The molecular formula is C19H14F4N2O3S. The van der Waals surface area contributed by atoms with Gasteiger partial charge in [-0.3, -0.25) is 4.98 Å². The summed E-state index contributed by atoms with van der Waals surface area (Å²) in [5, 5.41) is 5.08. The number of aromatic nitrogens is 1. The number of nitrogens with zero attached hydrogens (tertiary/aromatic N) is 1. The number of hydrogen-bond acceptors (Lipinski definition) is 4. The van der Waals surface area contributed by atoms with Gasteiger partial charge in [-0.25, -0.2) is 17.9 Å². The molecule has 0 bridgehead atoms. The summed E-state index contributed by atoms with van der Waals surface area (Å²) >= 11 is 0. The van der Waals surface area contributed by atoms with Crippen molar-refractivity contribution in [3.8, 4) is 28.1 Å². The molecule has 5 nitrogen and oxygen atoms in total. The summed E-state index contributed by atoms with van der Waals surface area (Å²) in [6.07, 6.45) is -3.48. The van der Waals surface area contributed by atoms with Crippen molar-refractivity contribution in [3.05, 3.63) is 66.1 Å². The highest BCUT2D eigenvalue weighted by Crippen LogP contribution is 2.35. The first-order chi connectivity index (χ1) is 13.4. The Morgan fingerprint density at radius 3 is 2.41 bits per heavy atom. The molecule has 0 aliphatic heterocycles. The molecule has 0 saturated carbocycles. The van der Waals surface area contributed by atoms with E-state index in [2.05, 4.69) is 9.72 Å². The lowest BCUT2D eigenvalue weighted by atomic mass is 9.98. The second-order valence-corrected chi connectivity index (χ2v) is 7.71. The summed E-state index contributed by atoms with van der Waals surface area (Å²) in [7, 11) is -4.18. The number of ether oxygens (including phenoxy) is 1. The number of benzene rings is 2. The third-order valence-corrected chi connectivity index (χ3v) is 4.90. The lowest BCUT2D eigenvalue weighted by molar-refractivity contribution is -0.274. The molecule has 3 aromatic rings. The summed E-state index contributed by atoms with van der Waals surface area (Å²) in [6, 6.07) is 10.3. The highest BCUT2D eigenvalue weighted by Gasteiger charge is 2.32. The van der Waals surface area contributed by atoms with Gasteiger partial charge in [0.2, 0.25) is 10.0 Å². The van der Waals surface area contributed by atoms with Gasteiger partial charge in [0.05, 0.1) is 10.6 Å². The molecule has 0 atom stereocenters. The van der Waals surface area contributed by atoms with Gasteiger partial charge in [-0.15, -0.1) is 13.2 Å². The van der Waals surface area contributed by atoms with Gasteiger partial charge in [0, 0.05) is 17.3 Å². The van der Waals surface area contributed by atoms with Gasteiger partial charge in [0.15, 0.2) is 0 Å². The Balaban J connectivity index is 2.17. The molecule has 2 N–H and O–H groups in total. The van der Waals surface area contributed by atoms with Crippen LogP contribution in [-0.4, -0.2) is 19.8 Å². The molecule has 0 unspecified atom stereocenters. The van der Waals surface area contributed by atoms with Crippen molar-refractivity contribution in [2.45, 2.75) is 18.2 Å². The van der Waals surface area contributed by atoms with Crippen LogP contribution in [-0.2, 0) is 10.0 Å². The topological polar surface area (TPSA) is 82.3 Å². The first-order valence-electron chi connectivity index (χ1n) is 8.09. The van der Waals surface area contributed by atoms with Crippen LogP contribution in [0, 0.1) is 12.7 Å². The van der Waals surface area contributed by atoms with Crippen molar-refractivity contribution in [2.24, 2.45) is 5.14 Å². The Morgan fingerprint density at radius 2 is 1.76 bits per heavy atom. The normalized spacial score (nSPS) is 12.1. The summed E-state index contributed by atoms with van der Waals surface area (Å²) in [6.45, 7) is 1.46. The minimum absolute atomic E-state index is 0.100. The number of alkyl halides is 3. The predicted molar refractivity (Wildman–Crippen MR) is 97.9 cm³/mol. The van der Waals surface area contributed by atoms with Crippen molar-refractivity contribution in [2.75, 3.05) is 0 Å². The highest BCUT2D eigenvalue weighted by atomic mass is 32.2. The van der Waals surface area contributed by atoms with Gasteiger partial charge in [-0.05, 0) is 48.4 Å². The van der Waals surface area contributed by atoms with Gasteiger partial charge < -0.3 is 4.74 Å². The summed E-state index contributed by atoms with van der Waals surface area (Å²) in [5.74, 6) is -1.25. The molecule has 29 heavy (non-hydrogen) atoms. The molecule has 3 rings (SSSR count). The van der Waals surface area contributed by atoms with Gasteiger partial charge in [0.25, 0.3) is 0 Å². The molecule has 0 aliphatic carbocycles. The van der Waals surface area contributed by atoms with Gasteiger partial charge in [-0.2, -0.15) is 0 Å². The van der Waals surface area contributed by atoms with E-state index in [-0.39, 0.29) is 16.8 Å². The van der Waals surface area contributed by atoms with E-state index in [9.17, 15) is 26.0 Å². The number of sulfonamides is 1. The van der Waals surface area contributed by atoms with Crippen LogP contribution >= 0.6 is 0 Å². The van der Waals surface area contributed by atoms with E-state index in [0.29, 0.717) is 11.1 Å². The molecule has 0 fully saturated rings. The quantitative estimate of drug-likeness (QED) is 0.627. The van der Waals surface area contributed by atoms with E-state index >= 15 is 0 Å². The fourth-order valence-corrected chi connectivity index (χ4v) is 3.30. The number of hydrogen-bond donors (Lipinski definition) is 1. The molecule has 0 radical (unpaired) electrons. The minimum atomic E-state index is -4.87. The van der Waals surface area contributed by atoms with E-state index in [0.717, 1.165) is 18.2 Å². The standard InChI is InChI=1S/C19H14F4N2O3S/c1-11-4-5-12(9-17(11)28-19(21,22)23)16-3-2-6-25-18(16)13-7-14(20)10-15(8-13)29(24,26)27/h2-10H,1H3,(H2,24,26,27). The summed E-state index contributed by atoms with van der Waals surface area (Å²) < 4.78 is 79.2. The van der Waals surface area contributed by atoms with Crippen LogP contribution in [0.2, 0.25) is 0 Å². The molecule has 0 aliphatic rings. The third-order valence-electron chi connectivity index (χ3n) is 4.01. The van der Waals surface area contributed by atoms with Crippen molar-refractivity contribution in [1.82, 2.24) is 4.98 Å². The molecule has 2 aromatic carbocycles. The maximum atomic E-state index is 14.0. The lowest BCUT2D eigenvalue weighted by Gasteiger charge is -2.14. The van der Waals surface area contributed by atoms with Crippen LogP contribution in [0.3, 0.4) is 0 Å². The van der Waals surface area contributed by atoms with E-state index in [1.54, 1.807) is 18.2 Å². The third kappa shape index (κ3) is 4.90. The Hall–Kier alpha value is -2.98. The zero-order valence-corrected chi connectivity index (χ0v) is 15.7. The summed E-state index contributed by atoms with van der Waals surface area (Å²) in [5.41, 5.74) is 1.20. The van der Waals surface area contributed by atoms with Crippen molar-refractivity contribution in [1.29, 1.82) is 0 Å². The van der Waals surface area contributed by atoms with Gasteiger partial charge >= 0.3 is 6.36 Å². The summed E-state index contributed by atoms with van der Waals surface area (Å²) in [4.78, 5) is 3.70. The van der Waals surface area contributed by atoms with E-state index in [1.165, 1.54) is 25.3 Å². The molecule has 0 spiro atoms. The zero-order chi connectivity index (χ0) is 21.4. The number of rotatable bonds is 4. The van der Waals surface area contributed by atoms with Crippen LogP contribution in [0.25, 0.3) is 22.4 Å². The first kappa shape index (κ1) is 20.7. The number of aryl methyl sites for hydroxylation is 1. The SMILES string of the molecule is Cc1ccc(-c2cccnc2-c2cc(F)cc(S(N)(=O)=O)c2)cc1OC(F)(F)F. The maximum Gasteiger partial charge on any atom is 0.573 e. The largest absolute Gasteiger partial charge is 0.573 e. The van der Waals surface area contributed by atoms with Crippen LogP contribution in [0.5, 0.6) is 5.75 Å². The second-order valence-electron chi connectivity index (χ2n) is 6.15. The maximum absolute atomic E-state index is 14.0. The Labute approximate surface area is 163 Å². The van der Waals surface area contributed by atoms with E-state index in [4.69, 9.17) is 5.14 Å². The molecule has 1 heterocycles. The Bertz CT molecular complexity index is 1180. The average Bonchev–Trinajstić information content (AvgIpc) is 2.61. The molecule has 1 aromatic heterocycles. The number of pyridine rings is 1. The molecule has 152 valence electrons.